The van der Waals surface area contributed by atoms with Crippen LogP contribution in [0.3, 0.4) is 0 Å². The first-order chi connectivity index (χ1) is 9.07. The maximum absolute atomic E-state index is 11.9. The summed E-state index contributed by atoms with van der Waals surface area (Å²) in [5.41, 5.74) is 0.596. The molecule has 1 aromatic carbocycles. The van der Waals surface area contributed by atoms with Crippen molar-refractivity contribution in [1.29, 1.82) is 0 Å². The number of halogens is 1. The summed E-state index contributed by atoms with van der Waals surface area (Å²) < 4.78 is 27.2. The lowest BCUT2D eigenvalue weighted by molar-refractivity contribution is 0.591. The number of benzene rings is 1. The van der Waals surface area contributed by atoms with E-state index in [9.17, 15) is 8.42 Å². The highest BCUT2D eigenvalue weighted by molar-refractivity contribution is 9.10. The van der Waals surface area contributed by atoms with Gasteiger partial charge < -0.3 is 5.32 Å². The second-order valence-electron chi connectivity index (χ2n) is 4.84. The van der Waals surface area contributed by atoms with Crippen LogP contribution in [0.4, 0.5) is 5.69 Å². The van der Waals surface area contributed by atoms with E-state index in [4.69, 9.17) is 0 Å². The van der Waals surface area contributed by atoms with E-state index in [1.165, 1.54) is 12.8 Å². The van der Waals surface area contributed by atoms with Crippen LogP contribution in [0.15, 0.2) is 28.7 Å². The predicted octanol–water partition coefficient (Wildman–Crippen LogP) is 2.72. The fourth-order valence-corrected chi connectivity index (χ4v) is 3.49. The highest BCUT2D eigenvalue weighted by atomic mass is 79.9. The fraction of sp³-hybridized carbons (Fsp3) is 0.538. The Morgan fingerprint density at radius 3 is 2.63 bits per heavy atom. The van der Waals surface area contributed by atoms with Crippen molar-refractivity contribution < 1.29 is 8.42 Å². The van der Waals surface area contributed by atoms with Crippen molar-refractivity contribution in [1.82, 2.24) is 5.32 Å². The van der Waals surface area contributed by atoms with Gasteiger partial charge in [0.1, 0.15) is 0 Å². The van der Waals surface area contributed by atoms with Crippen LogP contribution >= 0.6 is 15.9 Å². The molecule has 0 unspecified atom stereocenters. The third kappa shape index (κ3) is 5.50. The zero-order valence-corrected chi connectivity index (χ0v) is 13.1. The van der Waals surface area contributed by atoms with Gasteiger partial charge in [-0.25, -0.2) is 8.42 Å². The number of para-hydroxylation sites is 1. The molecule has 0 heterocycles. The first kappa shape index (κ1) is 14.8. The van der Waals surface area contributed by atoms with Gasteiger partial charge in [-0.3, -0.25) is 4.72 Å². The standard InChI is InChI=1S/C13H19BrN2O2S/c14-12-5-1-2-6-13(12)16-19(17,18)10-4-3-9-15-11-7-8-11/h1-2,5-6,11,15-16H,3-4,7-10H2. The van der Waals surface area contributed by atoms with Crippen LogP contribution in [0.5, 0.6) is 0 Å². The van der Waals surface area contributed by atoms with Crippen molar-refractivity contribution in [3.05, 3.63) is 28.7 Å². The molecule has 2 rings (SSSR count). The van der Waals surface area contributed by atoms with E-state index >= 15 is 0 Å². The Bertz CT molecular complexity index is 515. The number of hydrogen-bond acceptors (Lipinski definition) is 3. The zero-order chi connectivity index (χ0) is 13.7. The first-order valence-electron chi connectivity index (χ1n) is 6.55. The molecule has 0 spiro atoms. The van der Waals surface area contributed by atoms with Crippen molar-refractivity contribution in [2.45, 2.75) is 31.7 Å². The SMILES string of the molecule is O=S(=O)(CCCCNC1CC1)Nc1ccccc1Br. The minimum atomic E-state index is -3.25. The molecule has 1 aliphatic rings. The number of anilines is 1. The maximum atomic E-state index is 11.9. The number of nitrogens with one attached hydrogen (secondary N) is 2. The molecule has 1 saturated carbocycles. The van der Waals surface area contributed by atoms with E-state index in [1.807, 2.05) is 18.2 Å². The largest absolute Gasteiger partial charge is 0.314 e. The van der Waals surface area contributed by atoms with E-state index in [-0.39, 0.29) is 5.75 Å². The zero-order valence-electron chi connectivity index (χ0n) is 10.7. The molecule has 0 atom stereocenters. The van der Waals surface area contributed by atoms with Crippen LogP contribution in [-0.2, 0) is 10.0 Å². The van der Waals surface area contributed by atoms with E-state index in [2.05, 4.69) is 26.0 Å². The van der Waals surface area contributed by atoms with E-state index in [1.54, 1.807) is 6.07 Å². The Morgan fingerprint density at radius 2 is 1.95 bits per heavy atom. The van der Waals surface area contributed by atoms with Crippen molar-refractivity contribution in [2.75, 3.05) is 17.0 Å². The molecule has 6 heteroatoms. The normalized spacial score (nSPS) is 15.4. The van der Waals surface area contributed by atoms with Crippen LogP contribution < -0.4 is 10.0 Å². The molecule has 106 valence electrons. The lowest BCUT2D eigenvalue weighted by Gasteiger charge is -2.09. The van der Waals surface area contributed by atoms with Gasteiger partial charge in [-0.15, -0.1) is 0 Å². The molecule has 1 aliphatic carbocycles. The first-order valence-corrected chi connectivity index (χ1v) is 9.00. The topological polar surface area (TPSA) is 58.2 Å². The number of sulfonamides is 1. The smallest absolute Gasteiger partial charge is 0.232 e. The van der Waals surface area contributed by atoms with E-state index in [0.717, 1.165) is 17.4 Å². The Hall–Kier alpha value is -0.590. The third-order valence-electron chi connectivity index (χ3n) is 2.99. The molecule has 0 radical (unpaired) electrons. The van der Waals surface area contributed by atoms with Gasteiger partial charge >= 0.3 is 0 Å². The van der Waals surface area contributed by atoms with Crippen molar-refractivity contribution in [2.24, 2.45) is 0 Å². The predicted molar refractivity (Wildman–Crippen MR) is 81.8 cm³/mol. The molecule has 19 heavy (non-hydrogen) atoms. The molecule has 0 bridgehead atoms. The Balaban J connectivity index is 1.73. The van der Waals surface area contributed by atoms with Gasteiger partial charge in [0.15, 0.2) is 0 Å². The van der Waals surface area contributed by atoms with Gasteiger partial charge in [-0.05, 0) is 60.3 Å². The van der Waals surface area contributed by atoms with Crippen molar-refractivity contribution >= 4 is 31.6 Å². The second kappa shape index (κ2) is 6.72. The molecule has 0 aromatic heterocycles. The van der Waals surface area contributed by atoms with Gasteiger partial charge in [-0.2, -0.15) is 0 Å². The molecular formula is C13H19BrN2O2S. The lowest BCUT2D eigenvalue weighted by Crippen LogP contribution is -2.20. The molecule has 1 fully saturated rings. The molecule has 0 aliphatic heterocycles. The van der Waals surface area contributed by atoms with Crippen molar-refractivity contribution in [3.63, 3.8) is 0 Å². The summed E-state index contributed by atoms with van der Waals surface area (Å²) in [6.45, 7) is 0.912. The van der Waals surface area contributed by atoms with Gasteiger partial charge in [0.2, 0.25) is 10.0 Å². The monoisotopic (exact) mass is 346 g/mol. The molecule has 2 N–H and O–H groups in total. The van der Waals surface area contributed by atoms with E-state index < -0.39 is 10.0 Å². The van der Waals surface area contributed by atoms with Crippen LogP contribution in [0.1, 0.15) is 25.7 Å². The van der Waals surface area contributed by atoms with Gasteiger partial charge in [0.05, 0.1) is 11.4 Å². The van der Waals surface area contributed by atoms with Crippen LogP contribution in [0.2, 0.25) is 0 Å². The van der Waals surface area contributed by atoms with E-state index in [0.29, 0.717) is 18.2 Å². The molecular weight excluding hydrogens is 328 g/mol. The summed E-state index contributed by atoms with van der Waals surface area (Å²) in [5.74, 6) is 0.167. The summed E-state index contributed by atoms with van der Waals surface area (Å²) in [4.78, 5) is 0. The van der Waals surface area contributed by atoms with Crippen LogP contribution in [0, 0.1) is 0 Å². The maximum Gasteiger partial charge on any atom is 0.232 e. The average Bonchev–Trinajstić information content (AvgIpc) is 3.15. The summed E-state index contributed by atoms with van der Waals surface area (Å²) in [7, 11) is -3.25. The molecule has 0 saturated heterocycles. The quantitative estimate of drug-likeness (QED) is 0.711. The van der Waals surface area contributed by atoms with Gasteiger partial charge in [-0.1, -0.05) is 12.1 Å². The van der Waals surface area contributed by atoms with Gasteiger partial charge in [0, 0.05) is 10.5 Å². The summed E-state index contributed by atoms with van der Waals surface area (Å²) in [6.07, 6.45) is 4.11. The Labute approximate surface area is 123 Å². The summed E-state index contributed by atoms with van der Waals surface area (Å²) in [6, 6.07) is 7.91. The highest BCUT2D eigenvalue weighted by Gasteiger charge is 2.19. The lowest BCUT2D eigenvalue weighted by atomic mass is 10.3. The Morgan fingerprint density at radius 1 is 1.21 bits per heavy atom. The molecule has 0 amide bonds. The second-order valence-corrected chi connectivity index (χ2v) is 7.53. The third-order valence-corrected chi connectivity index (χ3v) is 5.04. The van der Waals surface area contributed by atoms with Gasteiger partial charge in [0.25, 0.3) is 0 Å². The summed E-state index contributed by atoms with van der Waals surface area (Å²) in [5, 5.41) is 3.38. The Kier molecular flexibility index (Phi) is 5.24. The highest BCUT2D eigenvalue weighted by Crippen LogP contribution is 2.22. The minimum Gasteiger partial charge on any atom is -0.314 e. The minimum absolute atomic E-state index is 0.167. The fourth-order valence-electron chi connectivity index (χ4n) is 1.77. The number of unbranched alkanes of at least 4 members (excludes halogenated alkanes) is 1. The van der Waals surface area contributed by atoms with Crippen LogP contribution in [-0.4, -0.2) is 26.8 Å². The molecule has 1 aromatic rings. The van der Waals surface area contributed by atoms with Crippen molar-refractivity contribution in [3.8, 4) is 0 Å². The average molecular weight is 347 g/mol. The van der Waals surface area contributed by atoms with Crippen LogP contribution in [0.25, 0.3) is 0 Å². The molecule has 4 nitrogen and oxygen atoms in total. The number of hydrogen-bond donors (Lipinski definition) is 2. The number of rotatable bonds is 8. The summed E-state index contributed by atoms with van der Waals surface area (Å²) >= 11 is 3.33.